The van der Waals surface area contributed by atoms with E-state index in [4.69, 9.17) is 9.97 Å². The van der Waals surface area contributed by atoms with Crippen molar-refractivity contribution in [3.8, 4) is 33.9 Å². The molecule has 0 spiro atoms. The molecule has 1 aliphatic carbocycles. The maximum atomic E-state index is 5.00. The quantitative estimate of drug-likeness (QED) is 0.240. The molecule has 40 heavy (non-hydrogen) atoms. The second-order valence-electron chi connectivity index (χ2n) is 10.7. The highest BCUT2D eigenvalue weighted by Gasteiger charge is 2.17. The van der Waals surface area contributed by atoms with E-state index in [0.717, 1.165) is 39.2 Å². The predicted octanol–water partition coefficient (Wildman–Crippen LogP) is 8.24. The van der Waals surface area contributed by atoms with Crippen molar-refractivity contribution in [2.75, 3.05) is 0 Å². The third-order valence-electron chi connectivity index (χ3n) is 8.25. The van der Waals surface area contributed by atoms with Crippen LogP contribution in [0.1, 0.15) is 29.7 Å². The van der Waals surface area contributed by atoms with Crippen LogP contribution in [-0.4, -0.2) is 24.9 Å². The molecule has 5 nitrogen and oxygen atoms in total. The number of hydrogen-bond acceptors (Lipinski definition) is 4. The van der Waals surface area contributed by atoms with Crippen LogP contribution in [0.4, 0.5) is 0 Å². The van der Waals surface area contributed by atoms with Crippen LogP contribution < -0.4 is 0 Å². The van der Waals surface area contributed by atoms with Crippen LogP contribution >= 0.6 is 0 Å². The number of aromatic nitrogens is 5. The number of nitrogens with one attached hydrogen (secondary N) is 1. The monoisotopic (exact) mass is 517 g/mol. The lowest BCUT2D eigenvalue weighted by atomic mass is 9.85. The van der Waals surface area contributed by atoms with Crippen molar-refractivity contribution in [1.82, 2.24) is 24.9 Å². The zero-order chi connectivity index (χ0) is 26.6. The van der Waals surface area contributed by atoms with Gasteiger partial charge in [-0.15, -0.1) is 0 Å². The fraction of sp³-hybridized carbons (Fsp3) is 0.143. The average molecular weight is 518 g/mol. The Morgan fingerprint density at radius 1 is 0.675 bits per heavy atom. The standard InChI is InChI=1S/C35H27N5/c1-21-6-4-11-32(38-21)35-39-33(31-16-17-37-34(31)40-35)24-18-23(19-36-20-24)26-9-5-10-27-29(26)15-14-28-25-8-3-2-7-22(25)12-13-30(27)28/h4-6,9-20H,2-3,7-8H2,1H3,(H,37,39,40). The van der Waals surface area contributed by atoms with Crippen LogP contribution in [0.15, 0.2) is 91.4 Å². The van der Waals surface area contributed by atoms with Crippen LogP contribution in [-0.2, 0) is 12.8 Å². The summed E-state index contributed by atoms with van der Waals surface area (Å²) in [4.78, 5) is 22.4. The topological polar surface area (TPSA) is 67.3 Å². The molecule has 0 radical (unpaired) electrons. The van der Waals surface area contributed by atoms with Crippen LogP contribution in [0.25, 0.3) is 66.5 Å². The van der Waals surface area contributed by atoms with Crippen molar-refractivity contribution in [3.63, 3.8) is 0 Å². The van der Waals surface area contributed by atoms with Gasteiger partial charge < -0.3 is 4.98 Å². The summed E-state index contributed by atoms with van der Waals surface area (Å²) in [5.41, 5.74) is 9.57. The number of benzene rings is 3. The van der Waals surface area contributed by atoms with Crippen molar-refractivity contribution in [1.29, 1.82) is 0 Å². The first-order valence-electron chi connectivity index (χ1n) is 13.9. The van der Waals surface area contributed by atoms with E-state index >= 15 is 0 Å². The van der Waals surface area contributed by atoms with Crippen molar-refractivity contribution in [3.05, 3.63) is 108 Å². The van der Waals surface area contributed by atoms with Gasteiger partial charge in [-0.3, -0.25) is 4.98 Å². The van der Waals surface area contributed by atoms with Gasteiger partial charge in [-0.05, 0) is 95.1 Å². The summed E-state index contributed by atoms with van der Waals surface area (Å²) >= 11 is 0. The van der Waals surface area contributed by atoms with Crippen LogP contribution in [0.5, 0.6) is 0 Å². The smallest absolute Gasteiger partial charge is 0.180 e. The Kier molecular flexibility index (Phi) is 5.23. The van der Waals surface area contributed by atoms with Gasteiger partial charge in [0.1, 0.15) is 11.3 Å². The van der Waals surface area contributed by atoms with Gasteiger partial charge in [0.05, 0.1) is 5.69 Å². The number of fused-ring (bicyclic) bond motifs is 6. The lowest BCUT2D eigenvalue weighted by Gasteiger charge is -2.19. The number of nitrogens with zero attached hydrogens (tertiary/aromatic N) is 4. The Morgan fingerprint density at radius 3 is 2.45 bits per heavy atom. The highest BCUT2D eigenvalue weighted by molar-refractivity contribution is 6.13. The van der Waals surface area contributed by atoms with E-state index in [0.29, 0.717) is 5.82 Å². The van der Waals surface area contributed by atoms with E-state index in [9.17, 15) is 0 Å². The fourth-order valence-corrected chi connectivity index (χ4v) is 6.34. The first kappa shape index (κ1) is 23.0. The number of H-pyrrole nitrogens is 1. The third kappa shape index (κ3) is 3.69. The third-order valence-corrected chi connectivity index (χ3v) is 8.25. The summed E-state index contributed by atoms with van der Waals surface area (Å²) in [6.07, 6.45) is 10.7. The summed E-state index contributed by atoms with van der Waals surface area (Å²) in [5.74, 6) is 0.596. The molecular weight excluding hydrogens is 490 g/mol. The van der Waals surface area contributed by atoms with Gasteiger partial charge in [0.2, 0.25) is 0 Å². The van der Waals surface area contributed by atoms with Crippen molar-refractivity contribution < 1.29 is 0 Å². The average Bonchev–Trinajstić information content (AvgIpc) is 3.49. The molecule has 4 aromatic heterocycles. The summed E-state index contributed by atoms with van der Waals surface area (Å²) in [6, 6.07) is 26.1. The normalized spacial score (nSPS) is 13.2. The van der Waals surface area contributed by atoms with Gasteiger partial charge in [-0.25, -0.2) is 15.0 Å². The number of rotatable bonds is 3. The van der Waals surface area contributed by atoms with E-state index in [-0.39, 0.29) is 0 Å². The van der Waals surface area contributed by atoms with Crippen LogP contribution in [0, 0.1) is 6.92 Å². The Morgan fingerprint density at radius 2 is 1.50 bits per heavy atom. The summed E-state index contributed by atoms with van der Waals surface area (Å²) in [7, 11) is 0. The molecule has 8 rings (SSSR count). The Labute approximate surface area is 232 Å². The Balaban J connectivity index is 1.29. The number of pyridine rings is 2. The number of hydrogen-bond donors (Lipinski definition) is 1. The molecular formula is C35H27N5. The van der Waals surface area contributed by atoms with Crippen molar-refractivity contribution in [2.24, 2.45) is 0 Å². The second-order valence-corrected chi connectivity index (χ2v) is 10.7. The highest BCUT2D eigenvalue weighted by atomic mass is 15.0. The van der Waals surface area contributed by atoms with Gasteiger partial charge in [-0.1, -0.05) is 48.5 Å². The van der Waals surface area contributed by atoms with E-state index in [2.05, 4.69) is 63.5 Å². The second kappa shape index (κ2) is 9.09. The molecule has 0 fully saturated rings. The maximum Gasteiger partial charge on any atom is 0.180 e. The molecule has 0 aliphatic heterocycles. The summed E-state index contributed by atoms with van der Waals surface area (Å²) in [6.45, 7) is 1.98. The molecule has 7 aromatic rings. The summed E-state index contributed by atoms with van der Waals surface area (Å²) in [5, 5.41) is 6.23. The molecule has 0 bridgehead atoms. The maximum absolute atomic E-state index is 5.00. The van der Waals surface area contributed by atoms with Crippen LogP contribution in [0.2, 0.25) is 0 Å². The Bertz CT molecular complexity index is 2090. The van der Waals surface area contributed by atoms with E-state index < -0.39 is 0 Å². The molecule has 1 aliphatic rings. The molecule has 0 saturated heterocycles. The fourth-order valence-electron chi connectivity index (χ4n) is 6.34. The number of aromatic amines is 1. The van der Waals surface area contributed by atoms with Crippen LogP contribution in [0.3, 0.4) is 0 Å². The van der Waals surface area contributed by atoms with Gasteiger partial charge in [0, 0.05) is 40.8 Å². The first-order chi connectivity index (χ1) is 19.7. The molecule has 4 heterocycles. The molecule has 3 aromatic carbocycles. The molecule has 1 N–H and O–H groups in total. The van der Waals surface area contributed by atoms with Gasteiger partial charge in [0.15, 0.2) is 5.82 Å². The molecule has 0 atom stereocenters. The van der Waals surface area contributed by atoms with E-state index in [1.54, 1.807) is 0 Å². The largest absolute Gasteiger partial charge is 0.346 e. The minimum atomic E-state index is 0.596. The van der Waals surface area contributed by atoms with E-state index in [1.807, 2.05) is 49.8 Å². The zero-order valence-corrected chi connectivity index (χ0v) is 22.3. The SMILES string of the molecule is Cc1cccc(-c2nc(-c3cncc(-c4cccc5c4ccc4c6c(ccc45)CCCC6)c3)c3cc[nH]c3n2)n1. The molecule has 0 saturated carbocycles. The van der Waals surface area contributed by atoms with Gasteiger partial charge >= 0.3 is 0 Å². The molecule has 0 unspecified atom stereocenters. The predicted molar refractivity (Wildman–Crippen MR) is 162 cm³/mol. The lowest BCUT2D eigenvalue weighted by Crippen LogP contribution is -2.03. The molecule has 5 heteroatoms. The molecule has 192 valence electrons. The molecule has 0 amide bonds. The van der Waals surface area contributed by atoms with Crippen molar-refractivity contribution in [2.45, 2.75) is 32.6 Å². The van der Waals surface area contributed by atoms with Crippen molar-refractivity contribution >= 4 is 32.6 Å². The zero-order valence-electron chi connectivity index (χ0n) is 22.3. The highest BCUT2D eigenvalue weighted by Crippen LogP contribution is 2.38. The minimum absolute atomic E-state index is 0.596. The lowest BCUT2D eigenvalue weighted by molar-refractivity contribution is 0.690. The van der Waals surface area contributed by atoms with E-state index in [1.165, 1.54) is 63.9 Å². The number of aryl methyl sites for hydroxylation is 3. The summed E-state index contributed by atoms with van der Waals surface area (Å²) < 4.78 is 0. The first-order valence-corrected chi connectivity index (χ1v) is 13.9. The van der Waals surface area contributed by atoms with Gasteiger partial charge in [0.25, 0.3) is 0 Å². The Hall–Kier alpha value is -4.90. The van der Waals surface area contributed by atoms with Gasteiger partial charge in [-0.2, -0.15) is 0 Å². The minimum Gasteiger partial charge on any atom is -0.346 e.